The van der Waals surface area contributed by atoms with Crippen molar-refractivity contribution in [3.05, 3.63) is 54.1 Å². The maximum Gasteiger partial charge on any atom is 0.322 e. The molecule has 2 aromatic rings. The minimum atomic E-state index is -0.178. The third-order valence-electron chi connectivity index (χ3n) is 4.28. The smallest absolute Gasteiger partial charge is 0.322 e. The van der Waals surface area contributed by atoms with Crippen LogP contribution in [0.5, 0.6) is 5.75 Å². The normalized spacial score (nSPS) is 13.9. The van der Waals surface area contributed by atoms with Gasteiger partial charge in [-0.3, -0.25) is 0 Å². The Balaban J connectivity index is 1.62. The molecule has 2 amide bonds. The van der Waals surface area contributed by atoms with Crippen LogP contribution >= 0.6 is 0 Å². The number of rotatable bonds is 3. The highest BCUT2D eigenvalue weighted by atomic mass is 16.5. The zero-order chi connectivity index (χ0) is 17.6. The molecule has 1 aliphatic rings. The Labute approximate surface area is 147 Å². The van der Waals surface area contributed by atoms with E-state index >= 15 is 0 Å². The van der Waals surface area contributed by atoms with Crippen LogP contribution in [0.2, 0.25) is 0 Å². The molecule has 25 heavy (non-hydrogen) atoms. The molecule has 0 bridgehead atoms. The van der Waals surface area contributed by atoms with E-state index in [1.165, 1.54) is 0 Å². The number of hydrogen-bond acceptors (Lipinski definition) is 4. The molecule has 128 valence electrons. The molecule has 0 aromatic heterocycles. The van der Waals surface area contributed by atoms with Crippen LogP contribution in [0.3, 0.4) is 0 Å². The first kappa shape index (κ1) is 16.7. The second-order valence-electron chi connectivity index (χ2n) is 5.73. The van der Waals surface area contributed by atoms with Crippen LogP contribution in [-0.4, -0.2) is 44.2 Å². The fraction of sp³-hybridized carbons (Fsp3) is 0.263. The van der Waals surface area contributed by atoms with E-state index in [9.17, 15) is 4.79 Å². The number of ether oxygens (including phenoxy) is 1. The molecule has 0 spiro atoms. The number of nitrogens with one attached hydrogen (secondary N) is 1. The molecule has 1 N–H and O–H groups in total. The first-order valence-electron chi connectivity index (χ1n) is 8.16. The summed E-state index contributed by atoms with van der Waals surface area (Å²) in [6.07, 6.45) is 0. The van der Waals surface area contributed by atoms with Crippen LogP contribution in [0.15, 0.2) is 48.5 Å². The van der Waals surface area contributed by atoms with Gasteiger partial charge in [-0.25, -0.2) is 4.79 Å². The molecule has 0 radical (unpaired) electrons. The fourth-order valence-electron chi connectivity index (χ4n) is 2.93. The van der Waals surface area contributed by atoms with Gasteiger partial charge in [0, 0.05) is 26.2 Å². The number of hydrogen-bond donors (Lipinski definition) is 1. The number of urea groups is 1. The summed E-state index contributed by atoms with van der Waals surface area (Å²) in [6, 6.07) is 16.8. The lowest BCUT2D eigenvalue weighted by atomic mass is 10.2. The van der Waals surface area contributed by atoms with Crippen LogP contribution in [0, 0.1) is 11.3 Å². The van der Waals surface area contributed by atoms with Crippen LogP contribution in [-0.2, 0) is 0 Å². The van der Waals surface area contributed by atoms with Crippen LogP contribution in [0.4, 0.5) is 16.2 Å². The summed E-state index contributed by atoms with van der Waals surface area (Å²) in [5.74, 6) is 0.836. The SMILES string of the molecule is COc1ccccc1N1CCN(C(=O)Nc2ccccc2C#N)CC1. The van der Waals surface area contributed by atoms with E-state index in [0.717, 1.165) is 24.5 Å². The number of nitriles is 1. The zero-order valence-corrected chi connectivity index (χ0v) is 14.1. The largest absolute Gasteiger partial charge is 0.495 e. The molecule has 0 atom stereocenters. The highest BCUT2D eigenvalue weighted by molar-refractivity contribution is 5.91. The van der Waals surface area contributed by atoms with Gasteiger partial charge in [0.25, 0.3) is 0 Å². The molecule has 2 aromatic carbocycles. The van der Waals surface area contributed by atoms with Crippen molar-refractivity contribution in [3.63, 3.8) is 0 Å². The van der Waals surface area contributed by atoms with Gasteiger partial charge in [0.15, 0.2) is 0 Å². The molecule has 0 unspecified atom stereocenters. The van der Waals surface area contributed by atoms with Gasteiger partial charge in [0.05, 0.1) is 24.0 Å². The average Bonchev–Trinajstić information content (AvgIpc) is 2.68. The Kier molecular flexibility index (Phi) is 5.05. The third kappa shape index (κ3) is 3.66. The van der Waals surface area contributed by atoms with E-state index < -0.39 is 0 Å². The van der Waals surface area contributed by atoms with Crippen molar-refractivity contribution in [2.45, 2.75) is 0 Å². The van der Waals surface area contributed by atoms with E-state index in [2.05, 4.69) is 16.3 Å². The molecule has 6 nitrogen and oxygen atoms in total. The van der Waals surface area contributed by atoms with E-state index in [0.29, 0.717) is 24.3 Å². The Morgan fingerprint density at radius 1 is 1.08 bits per heavy atom. The quantitative estimate of drug-likeness (QED) is 0.936. The summed E-state index contributed by atoms with van der Waals surface area (Å²) < 4.78 is 5.41. The standard InChI is InChI=1S/C19H20N4O2/c1-25-18-9-5-4-8-17(18)22-10-12-23(13-11-22)19(24)21-16-7-3-2-6-15(16)14-20/h2-9H,10-13H2,1H3,(H,21,24). The monoisotopic (exact) mass is 336 g/mol. The molecule has 1 fully saturated rings. The number of benzene rings is 2. The van der Waals surface area contributed by atoms with Crippen molar-refractivity contribution in [3.8, 4) is 11.8 Å². The van der Waals surface area contributed by atoms with E-state index in [-0.39, 0.29) is 6.03 Å². The van der Waals surface area contributed by atoms with E-state index in [1.54, 1.807) is 36.3 Å². The summed E-state index contributed by atoms with van der Waals surface area (Å²) in [5, 5.41) is 11.9. The van der Waals surface area contributed by atoms with Crippen LogP contribution in [0.25, 0.3) is 0 Å². The highest BCUT2D eigenvalue weighted by Gasteiger charge is 2.23. The number of carbonyl (C=O) groups excluding carboxylic acids is 1. The summed E-state index contributed by atoms with van der Waals surface area (Å²) in [7, 11) is 1.66. The molecular formula is C19H20N4O2. The third-order valence-corrected chi connectivity index (χ3v) is 4.28. The van der Waals surface area contributed by atoms with Gasteiger partial charge < -0.3 is 19.9 Å². The lowest BCUT2D eigenvalue weighted by Gasteiger charge is -2.36. The van der Waals surface area contributed by atoms with Crippen molar-refractivity contribution in [2.75, 3.05) is 43.5 Å². The van der Waals surface area contributed by atoms with Gasteiger partial charge >= 0.3 is 6.03 Å². The van der Waals surface area contributed by atoms with Gasteiger partial charge in [-0.2, -0.15) is 5.26 Å². The maximum absolute atomic E-state index is 12.5. The highest BCUT2D eigenvalue weighted by Crippen LogP contribution is 2.28. The number of methoxy groups -OCH3 is 1. The Hall–Kier alpha value is -3.20. The minimum absolute atomic E-state index is 0.178. The van der Waals surface area contributed by atoms with Crippen molar-refractivity contribution in [1.29, 1.82) is 5.26 Å². The number of amides is 2. The Bertz CT molecular complexity index is 792. The van der Waals surface area contributed by atoms with E-state index in [4.69, 9.17) is 10.00 Å². The second kappa shape index (κ2) is 7.58. The molecule has 0 saturated carbocycles. The number of nitrogens with zero attached hydrogens (tertiary/aromatic N) is 3. The first-order valence-corrected chi connectivity index (χ1v) is 8.16. The van der Waals surface area contributed by atoms with Crippen molar-refractivity contribution < 1.29 is 9.53 Å². The predicted molar refractivity (Wildman–Crippen MR) is 97.0 cm³/mol. The Morgan fingerprint density at radius 2 is 1.76 bits per heavy atom. The predicted octanol–water partition coefficient (Wildman–Crippen LogP) is 2.92. The molecule has 1 heterocycles. The minimum Gasteiger partial charge on any atom is -0.495 e. The van der Waals surface area contributed by atoms with Gasteiger partial charge in [0.2, 0.25) is 0 Å². The van der Waals surface area contributed by atoms with Gasteiger partial charge in [0.1, 0.15) is 11.8 Å². The summed E-state index contributed by atoms with van der Waals surface area (Å²) >= 11 is 0. The summed E-state index contributed by atoms with van der Waals surface area (Å²) in [4.78, 5) is 16.4. The van der Waals surface area contributed by atoms with Crippen LogP contribution < -0.4 is 15.0 Å². The molecule has 1 saturated heterocycles. The number of anilines is 2. The number of carbonyl (C=O) groups is 1. The molecular weight excluding hydrogens is 316 g/mol. The second-order valence-corrected chi connectivity index (χ2v) is 5.73. The molecule has 3 rings (SSSR count). The maximum atomic E-state index is 12.5. The van der Waals surface area contributed by atoms with E-state index in [1.807, 2.05) is 24.3 Å². The number of para-hydroxylation sites is 3. The Morgan fingerprint density at radius 3 is 2.48 bits per heavy atom. The van der Waals surface area contributed by atoms with Gasteiger partial charge in [-0.15, -0.1) is 0 Å². The van der Waals surface area contributed by atoms with Crippen molar-refractivity contribution >= 4 is 17.4 Å². The first-order chi connectivity index (χ1) is 12.2. The molecule has 1 aliphatic heterocycles. The fourth-order valence-corrected chi connectivity index (χ4v) is 2.93. The molecule has 0 aliphatic carbocycles. The lowest BCUT2D eigenvalue weighted by Crippen LogP contribution is -2.50. The summed E-state index contributed by atoms with van der Waals surface area (Å²) in [6.45, 7) is 2.68. The summed E-state index contributed by atoms with van der Waals surface area (Å²) in [5.41, 5.74) is 2.05. The lowest BCUT2D eigenvalue weighted by molar-refractivity contribution is 0.208. The van der Waals surface area contributed by atoms with Crippen molar-refractivity contribution in [1.82, 2.24) is 4.90 Å². The topological polar surface area (TPSA) is 68.6 Å². The van der Waals surface area contributed by atoms with Gasteiger partial charge in [-0.1, -0.05) is 24.3 Å². The van der Waals surface area contributed by atoms with Gasteiger partial charge in [-0.05, 0) is 24.3 Å². The zero-order valence-electron chi connectivity index (χ0n) is 14.1. The number of piperazine rings is 1. The molecule has 6 heteroatoms. The average molecular weight is 336 g/mol. The van der Waals surface area contributed by atoms with Crippen LogP contribution in [0.1, 0.15) is 5.56 Å². The van der Waals surface area contributed by atoms with Crippen molar-refractivity contribution in [2.24, 2.45) is 0 Å².